The summed E-state index contributed by atoms with van der Waals surface area (Å²) in [5, 5.41) is 0. The maximum atomic E-state index is 14.5. The molecule has 3 heterocycles. The molecular formula is C24H23F3N4O4S. The molecule has 1 saturated heterocycles. The van der Waals surface area contributed by atoms with Gasteiger partial charge in [0.15, 0.2) is 16.5 Å². The highest BCUT2D eigenvalue weighted by molar-refractivity contribution is 7.90. The maximum absolute atomic E-state index is 14.5. The number of pyridine rings is 2. The standard InChI is InChI=1S/C24H23F3N4O4S/c1-13-11-24(2,3)31(12-13)21-14(22(32)30-36(34,35)20-5-4-8-28-23(20)33)6-7-19(29-21)15-9-17(26)18(27)10-16(15)25/h4-10,13H,11-12H2,1-3H3,(H,28,33)(H,30,32)/t13-/m0/s1. The van der Waals surface area contributed by atoms with Crippen molar-refractivity contribution in [1.82, 2.24) is 14.7 Å². The van der Waals surface area contributed by atoms with Crippen LogP contribution in [0, 0.1) is 23.4 Å². The van der Waals surface area contributed by atoms with Gasteiger partial charge in [-0.05, 0) is 56.5 Å². The number of hydrogen-bond acceptors (Lipinski definition) is 6. The molecule has 1 aliphatic heterocycles. The lowest BCUT2D eigenvalue weighted by atomic mass is 9.97. The molecule has 1 aliphatic rings. The number of carbonyl (C=O) groups excluding carboxylic acids is 1. The number of sulfonamides is 1. The van der Waals surface area contributed by atoms with Crippen molar-refractivity contribution in [1.29, 1.82) is 0 Å². The molecule has 12 heteroatoms. The molecule has 1 fully saturated rings. The molecule has 1 atom stereocenters. The second kappa shape index (κ2) is 9.08. The highest BCUT2D eigenvalue weighted by Gasteiger charge is 2.39. The van der Waals surface area contributed by atoms with E-state index in [0.717, 1.165) is 12.5 Å². The van der Waals surface area contributed by atoms with Crippen LogP contribution in [0.1, 0.15) is 37.6 Å². The van der Waals surface area contributed by atoms with E-state index < -0.39 is 49.4 Å². The molecule has 3 aromatic rings. The molecule has 0 unspecified atom stereocenters. The number of nitrogens with one attached hydrogen (secondary N) is 2. The first kappa shape index (κ1) is 25.4. The average molecular weight is 521 g/mol. The summed E-state index contributed by atoms with van der Waals surface area (Å²) in [6, 6.07) is 5.86. The minimum Gasteiger partial charge on any atom is -0.351 e. The Morgan fingerprint density at radius 1 is 1.14 bits per heavy atom. The molecule has 1 aromatic carbocycles. The van der Waals surface area contributed by atoms with Gasteiger partial charge >= 0.3 is 0 Å². The van der Waals surface area contributed by atoms with Crippen LogP contribution in [-0.4, -0.2) is 36.4 Å². The minimum atomic E-state index is -4.54. The SMILES string of the molecule is C[C@@H]1CN(c2nc(-c3cc(F)c(F)cc3F)ccc2C(=O)NS(=O)(=O)c2ccc[nH]c2=O)C(C)(C)C1. The van der Waals surface area contributed by atoms with Crippen LogP contribution >= 0.6 is 0 Å². The maximum Gasteiger partial charge on any atom is 0.269 e. The third-order valence-corrected chi connectivity index (χ3v) is 7.39. The monoisotopic (exact) mass is 520 g/mol. The Bertz CT molecular complexity index is 1520. The second-order valence-corrected chi connectivity index (χ2v) is 11.0. The topological polar surface area (TPSA) is 112 Å². The lowest BCUT2D eigenvalue weighted by Crippen LogP contribution is -2.41. The molecule has 4 rings (SSSR count). The second-order valence-electron chi connectivity index (χ2n) is 9.34. The number of rotatable bonds is 5. The molecule has 0 aliphatic carbocycles. The van der Waals surface area contributed by atoms with E-state index in [-0.39, 0.29) is 28.6 Å². The molecule has 36 heavy (non-hydrogen) atoms. The zero-order valence-electron chi connectivity index (χ0n) is 19.6. The molecule has 2 aromatic heterocycles. The van der Waals surface area contributed by atoms with Gasteiger partial charge in [-0.2, -0.15) is 0 Å². The van der Waals surface area contributed by atoms with Crippen LogP contribution in [0.25, 0.3) is 11.3 Å². The number of anilines is 1. The average Bonchev–Trinajstić information content (AvgIpc) is 3.07. The Balaban J connectivity index is 1.83. The molecule has 0 bridgehead atoms. The fraction of sp³-hybridized carbons (Fsp3) is 0.292. The van der Waals surface area contributed by atoms with Gasteiger partial charge < -0.3 is 9.88 Å². The summed E-state index contributed by atoms with van der Waals surface area (Å²) >= 11 is 0. The van der Waals surface area contributed by atoms with Crippen molar-refractivity contribution >= 4 is 21.7 Å². The summed E-state index contributed by atoms with van der Waals surface area (Å²) in [6.07, 6.45) is 1.97. The number of benzene rings is 1. The number of aromatic nitrogens is 2. The highest BCUT2D eigenvalue weighted by atomic mass is 32.2. The van der Waals surface area contributed by atoms with Crippen LogP contribution in [0.15, 0.2) is 52.3 Å². The molecule has 0 spiro atoms. The summed E-state index contributed by atoms with van der Waals surface area (Å²) in [6.45, 7) is 6.26. The first-order valence-corrected chi connectivity index (χ1v) is 12.5. The van der Waals surface area contributed by atoms with Gasteiger partial charge in [0.05, 0.1) is 11.3 Å². The van der Waals surface area contributed by atoms with Crippen LogP contribution in [-0.2, 0) is 10.0 Å². The van der Waals surface area contributed by atoms with Crippen LogP contribution < -0.4 is 15.2 Å². The normalized spacial score (nSPS) is 17.3. The van der Waals surface area contributed by atoms with Gasteiger partial charge in [-0.1, -0.05) is 6.92 Å². The molecule has 2 N–H and O–H groups in total. The quantitative estimate of drug-likeness (QED) is 0.498. The zero-order chi connectivity index (χ0) is 26.4. The summed E-state index contributed by atoms with van der Waals surface area (Å²) in [7, 11) is -4.54. The van der Waals surface area contributed by atoms with E-state index in [1.54, 1.807) is 4.90 Å². The molecule has 8 nitrogen and oxygen atoms in total. The third-order valence-electron chi connectivity index (χ3n) is 6.03. The molecule has 190 valence electrons. The van der Waals surface area contributed by atoms with Crippen LogP contribution in [0.5, 0.6) is 0 Å². The van der Waals surface area contributed by atoms with Crippen molar-refractivity contribution in [3.8, 4) is 11.3 Å². The number of halogens is 3. The number of H-pyrrole nitrogens is 1. The van der Waals surface area contributed by atoms with E-state index in [2.05, 4.69) is 9.97 Å². The van der Waals surface area contributed by atoms with Crippen LogP contribution in [0.4, 0.5) is 19.0 Å². The number of nitrogens with zero attached hydrogens (tertiary/aromatic N) is 2. The van der Waals surface area contributed by atoms with Crippen molar-refractivity contribution < 1.29 is 26.4 Å². The van der Waals surface area contributed by atoms with Gasteiger partial charge in [0.1, 0.15) is 11.6 Å². The predicted molar refractivity (Wildman–Crippen MR) is 126 cm³/mol. The molecule has 1 amide bonds. The minimum absolute atomic E-state index is 0.0423. The van der Waals surface area contributed by atoms with E-state index in [1.807, 2.05) is 25.5 Å². The molecule has 0 radical (unpaired) electrons. The Morgan fingerprint density at radius 3 is 2.47 bits per heavy atom. The van der Waals surface area contributed by atoms with E-state index >= 15 is 0 Å². The van der Waals surface area contributed by atoms with E-state index in [0.29, 0.717) is 18.7 Å². The van der Waals surface area contributed by atoms with Gasteiger partial charge in [0.25, 0.3) is 21.5 Å². The van der Waals surface area contributed by atoms with Crippen molar-refractivity contribution in [3.63, 3.8) is 0 Å². The Labute approximate surface area is 205 Å². The lowest BCUT2D eigenvalue weighted by Gasteiger charge is -2.34. The van der Waals surface area contributed by atoms with Crippen molar-refractivity contribution in [2.75, 3.05) is 11.4 Å². The van der Waals surface area contributed by atoms with Gasteiger partial charge in [0, 0.05) is 29.9 Å². The third kappa shape index (κ3) is 4.72. The number of hydrogen-bond donors (Lipinski definition) is 2. The van der Waals surface area contributed by atoms with Crippen molar-refractivity contribution in [3.05, 3.63) is 76.0 Å². The smallest absolute Gasteiger partial charge is 0.269 e. The van der Waals surface area contributed by atoms with Gasteiger partial charge in [-0.15, -0.1) is 0 Å². The van der Waals surface area contributed by atoms with Gasteiger partial charge in [-0.25, -0.2) is 31.3 Å². The van der Waals surface area contributed by atoms with E-state index in [1.165, 1.54) is 24.4 Å². The summed E-state index contributed by atoms with van der Waals surface area (Å²) in [5.41, 5.74) is -1.97. The Morgan fingerprint density at radius 2 is 1.83 bits per heavy atom. The first-order chi connectivity index (χ1) is 16.8. The Kier molecular flexibility index (Phi) is 6.41. The molecule has 0 saturated carbocycles. The summed E-state index contributed by atoms with van der Waals surface area (Å²) in [5.74, 6) is -4.51. The van der Waals surface area contributed by atoms with Crippen molar-refractivity contribution in [2.24, 2.45) is 5.92 Å². The van der Waals surface area contributed by atoms with Crippen LogP contribution in [0.3, 0.4) is 0 Å². The number of carbonyl (C=O) groups is 1. The van der Waals surface area contributed by atoms with Crippen molar-refractivity contribution in [2.45, 2.75) is 37.6 Å². The fourth-order valence-electron chi connectivity index (χ4n) is 4.51. The number of aromatic amines is 1. The van der Waals surface area contributed by atoms with E-state index in [4.69, 9.17) is 0 Å². The largest absolute Gasteiger partial charge is 0.351 e. The van der Waals surface area contributed by atoms with Crippen LogP contribution in [0.2, 0.25) is 0 Å². The first-order valence-electron chi connectivity index (χ1n) is 11.0. The van der Waals surface area contributed by atoms with Gasteiger partial charge in [0.2, 0.25) is 0 Å². The highest BCUT2D eigenvalue weighted by Crippen LogP contribution is 2.38. The fourth-order valence-corrected chi connectivity index (χ4v) is 5.53. The lowest BCUT2D eigenvalue weighted by molar-refractivity contribution is 0.0981. The predicted octanol–water partition coefficient (Wildman–Crippen LogP) is 3.60. The number of amides is 1. The summed E-state index contributed by atoms with van der Waals surface area (Å²) in [4.78, 5) is 32.9. The zero-order valence-corrected chi connectivity index (χ0v) is 20.4. The van der Waals surface area contributed by atoms with E-state index in [9.17, 15) is 31.2 Å². The Hall–Kier alpha value is -3.67. The molecular weight excluding hydrogens is 497 g/mol. The van der Waals surface area contributed by atoms with Gasteiger partial charge in [-0.3, -0.25) is 9.59 Å². The summed E-state index contributed by atoms with van der Waals surface area (Å²) < 4.78 is 69.2.